The maximum Gasteiger partial charge on any atom is 0.147 e. The van der Waals surface area contributed by atoms with Crippen LogP contribution in [0.3, 0.4) is 0 Å². The highest BCUT2D eigenvalue weighted by Gasteiger charge is 2.18. The quantitative estimate of drug-likeness (QED) is 0.882. The molecular formula is C13H17ClFN3. The van der Waals surface area contributed by atoms with Gasteiger partial charge in [-0.3, -0.25) is 0 Å². The molecule has 1 aliphatic rings. The van der Waals surface area contributed by atoms with Gasteiger partial charge in [0, 0.05) is 30.6 Å². The number of halogens is 2. The van der Waals surface area contributed by atoms with E-state index in [1.165, 1.54) is 6.07 Å². The summed E-state index contributed by atoms with van der Waals surface area (Å²) in [6.45, 7) is 4.28. The van der Waals surface area contributed by atoms with Crippen molar-refractivity contribution in [1.82, 2.24) is 5.32 Å². The number of nitrogens with two attached hydrogens (primary N) is 1. The van der Waals surface area contributed by atoms with E-state index in [2.05, 4.69) is 5.32 Å². The normalized spacial score (nSPS) is 18.4. The van der Waals surface area contributed by atoms with Crippen LogP contribution in [0.4, 0.5) is 10.1 Å². The van der Waals surface area contributed by atoms with Gasteiger partial charge in [0.2, 0.25) is 0 Å². The zero-order valence-corrected chi connectivity index (χ0v) is 11.0. The number of anilines is 1. The molecule has 3 nitrogen and oxygen atoms in total. The van der Waals surface area contributed by atoms with Crippen LogP contribution >= 0.6 is 11.6 Å². The summed E-state index contributed by atoms with van der Waals surface area (Å²) in [5, 5.41) is 3.49. The molecular weight excluding hydrogens is 253 g/mol. The van der Waals surface area contributed by atoms with Crippen LogP contribution in [-0.4, -0.2) is 19.6 Å². The van der Waals surface area contributed by atoms with E-state index >= 15 is 0 Å². The van der Waals surface area contributed by atoms with Gasteiger partial charge < -0.3 is 16.0 Å². The minimum Gasteiger partial charge on any atom is -0.386 e. The molecule has 18 heavy (non-hydrogen) atoms. The Morgan fingerprint density at radius 1 is 1.56 bits per heavy atom. The smallest absolute Gasteiger partial charge is 0.147 e. The summed E-state index contributed by atoms with van der Waals surface area (Å²) < 4.78 is 13.9. The molecule has 0 unspecified atom stereocenters. The highest BCUT2D eigenvalue weighted by molar-refractivity contribution is 6.30. The van der Waals surface area contributed by atoms with Gasteiger partial charge in [-0.1, -0.05) is 11.6 Å². The van der Waals surface area contributed by atoms with Crippen LogP contribution in [0, 0.1) is 11.7 Å². The second-order valence-corrected chi connectivity index (χ2v) is 4.83. The van der Waals surface area contributed by atoms with Gasteiger partial charge in [0.25, 0.3) is 0 Å². The third-order valence-electron chi connectivity index (χ3n) is 3.07. The van der Waals surface area contributed by atoms with E-state index in [0.29, 0.717) is 22.4 Å². The van der Waals surface area contributed by atoms with Crippen molar-refractivity contribution in [3.05, 3.63) is 40.9 Å². The molecule has 0 bridgehead atoms. The molecule has 0 saturated carbocycles. The van der Waals surface area contributed by atoms with Gasteiger partial charge >= 0.3 is 0 Å². The highest BCUT2D eigenvalue weighted by atomic mass is 35.5. The zero-order chi connectivity index (χ0) is 13.1. The van der Waals surface area contributed by atoms with Crippen molar-refractivity contribution in [2.24, 2.45) is 11.7 Å². The molecule has 0 fully saturated rings. The largest absolute Gasteiger partial charge is 0.386 e. The van der Waals surface area contributed by atoms with E-state index in [1.807, 2.05) is 17.9 Å². The van der Waals surface area contributed by atoms with Crippen molar-refractivity contribution in [2.45, 2.75) is 6.92 Å². The fourth-order valence-corrected chi connectivity index (χ4v) is 2.32. The summed E-state index contributed by atoms with van der Waals surface area (Å²) in [5.74, 6) is 0.722. The standard InChI is InChI=1S/C13H17ClFN3/c1-2-18(8-9-5-13(16)17-7-9)12-4-3-10(14)6-11(12)15/h3-6,9,17H,2,7-8,16H2,1H3/t9-/m0/s1. The van der Waals surface area contributed by atoms with Crippen molar-refractivity contribution in [2.75, 3.05) is 24.5 Å². The first-order valence-electron chi connectivity index (χ1n) is 6.01. The third kappa shape index (κ3) is 2.88. The van der Waals surface area contributed by atoms with Crippen molar-refractivity contribution in [3.63, 3.8) is 0 Å². The van der Waals surface area contributed by atoms with Crippen molar-refractivity contribution in [3.8, 4) is 0 Å². The summed E-state index contributed by atoms with van der Waals surface area (Å²) in [4.78, 5) is 1.99. The number of nitrogens with zero attached hydrogens (tertiary/aromatic N) is 1. The lowest BCUT2D eigenvalue weighted by Gasteiger charge is -2.26. The predicted molar refractivity (Wildman–Crippen MR) is 73.1 cm³/mol. The number of hydrogen-bond donors (Lipinski definition) is 2. The van der Waals surface area contributed by atoms with E-state index in [0.717, 1.165) is 19.6 Å². The van der Waals surface area contributed by atoms with E-state index < -0.39 is 0 Å². The van der Waals surface area contributed by atoms with Gasteiger partial charge in [-0.2, -0.15) is 0 Å². The van der Waals surface area contributed by atoms with Crippen LogP contribution in [0.2, 0.25) is 5.02 Å². The molecule has 0 amide bonds. The highest BCUT2D eigenvalue weighted by Crippen LogP contribution is 2.24. The number of hydrogen-bond acceptors (Lipinski definition) is 3. The molecule has 0 aromatic heterocycles. The van der Waals surface area contributed by atoms with E-state index in [1.54, 1.807) is 12.1 Å². The summed E-state index contributed by atoms with van der Waals surface area (Å²) in [6.07, 6.45) is 1.98. The average molecular weight is 270 g/mol. The van der Waals surface area contributed by atoms with Crippen LogP contribution in [0.5, 0.6) is 0 Å². The zero-order valence-electron chi connectivity index (χ0n) is 10.3. The lowest BCUT2D eigenvalue weighted by molar-refractivity contribution is 0.591. The fourth-order valence-electron chi connectivity index (χ4n) is 2.16. The number of benzene rings is 1. The SMILES string of the molecule is CCN(C[C@H]1C=C(N)NC1)c1ccc(Cl)cc1F. The molecule has 1 heterocycles. The second kappa shape index (κ2) is 5.48. The molecule has 0 spiro atoms. The van der Waals surface area contributed by atoms with Gasteiger partial charge in [0.05, 0.1) is 11.5 Å². The average Bonchev–Trinajstić information content (AvgIpc) is 2.72. The Labute approximate surface area is 111 Å². The summed E-state index contributed by atoms with van der Waals surface area (Å²) in [5.41, 5.74) is 6.25. The van der Waals surface area contributed by atoms with Crippen LogP contribution in [-0.2, 0) is 0 Å². The van der Waals surface area contributed by atoms with Gasteiger partial charge in [-0.25, -0.2) is 4.39 Å². The minimum absolute atomic E-state index is 0.285. The summed E-state index contributed by atoms with van der Waals surface area (Å²) >= 11 is 5.76. The molecule has 1 aromatic carbocycles. The monoisotopic (exact) mass is 269 g/mol. The topological polar surface area (TPSA) is 41.3 Å². The van der Waals surface area contributed by atoms with E-state index in [9.17, 15) is 4.39 Å². The number of nitrogens with one attached hydrogen (secondary N) is 1. The van der Waals surface area contributed by atoms with Crippen LogP contribution < -0.4 is 16.0 Å². The molecule has 2 rings (SSSR count). The molecule has 5 heteroatoms. The maximum absolute atomic E-state index is 13.9. The predicted octanol–water partition coefficient (Wildman–Crippen LogP) is 2.32. The van der Waals surface area contributed by atoms with Crippen molar-refractivity contribution < 1.29 is 4.39 Å². The van der Waals surface area contributed by atoms with Crippen LogP contribution in [0.25, 0.3) is 0 Å². The van der Waals surface area contributed by atoms with E-state index in [-0.39, 0.29) is 5.82 Å². The molecule has 1 atom stereocenters. The molecule has 3 N–H and O–H groups in total. The Bertz CT molecular complexity index is 462. The Hall–Kier alpha value is -1.42. The molecule has 0 saturated heterocycles. The molecule has 0 radical (unpaired) electrons. The van der Waals surface area contributed by atoms with Crippen molar-refractivity contribution >= 4 is 17.3 Å². The first-order valence-corrected chi connectivity index (χ1v) is 6.39. The van der Waals surface area contributed by atoms with Gasteiger partial charge in [-0.15, -0.1) is 0 Å². The maximum atomic E-state index is 13.9. The molecule has 1 aliphatic heterocycles. The second-order valence-electron chi connectivity index (χ2n) is 4.40. The van der Waals surface area contributed by atoms with Gasteiger partial charge in [-0.05, 0) is 31.2 Å². The summed E-state index contributed by atoms with van der Waals surface area (Å²) in [7, 11) is 0. The van der Waals surface area contributed by atoms with Crippen molar-refractivity contribution in [1.29, 1.82) is 0 Å². The Balaban J connectivity index is 2.13. The lowest BCUT2D eigenvalue weighted by Crippen LogP contribution is -2.31. The molecule has 98 valence electrons. The van der Waals surface area contributed by atoms with Crippen LogP contribution in [0.1, 0.15) is 6.92 Å². The number of rotatable bonds is 4. The first-order chi connectivity index (χ1) is 8.60. The van der Waals surface area contributed by atoms with Gasteiger partial charge in [0.1, 0.15) is 5.82 Å². The summed E-state index contributed by atoms with van der Waals surface area (Å²) in [6, 6.07) is 4.77. The van der Waals surface area contributed by atoms with E-state index in [4.69, 9.17) is 17.3 Å². The lowest BCUT2D eigenvalue weighted by atomic mass is 10.1. The minimum atomic E-state index is -0.285. The molecule has 0 aliphatic carbocycles. The Morgan fingerprint density at radius 3 is 2.89 bits per heavy atom. The van der Waals surface area contributed by atoms with Crippen LogP contribution in [0.15, 0.2) is 30.1 Å². The molecule has 1 aromatic rings. The fraction of sp³-hybridized carbons (Fsp3) is 0.385. The third-order valence-corrected chi connectivity index (χ3v) is 3.31. The Kier molecular flexibility index (Phi) is 3.97. The Morgan fingerprint density at radius 2 is 2.33 bits per heavy atom. The first kappa shape index (κ1) is 13.0. The van der Waals surface area contributed by atoms with Gasteiger partial charge in [0.15, 0.2) is 0 Å².